The van der Waals surface area contributed by atoms with Gasteiger partial charge in [0.05, 0.1) is 24.9 Å². The second-order valence-electron chi connectivity index (χ2n) is 6.76. The minimum atomic E-state index is 0.505. The third kappa shape index (κ3) is 3.34. The number of hydrogen-bond acceptors (Lipinski definition) is 6. The highest BCUT2D eigenvalue weighted by Crippen LogP contribution is 2.28. The second-order valence-corrected chi connectivity index (χ2v) is 7.85. The van der Waals surface area contributed by atoms with Crippen molar-refractivity contribution >= 4 is 16.5 Å². The highest BCUT2D eigenvalue weighted by atomic mass is 32.1. The number of hydrogen-bond donors (Lipinski definition) is 0. The number of thiazole rings is 1. The summed E-state index contributed by atoms with van der Waals surface area (Å²) in [5.41, 5.74) is 2.38. The van der Waals surface area contributed by atoms with E-state index in [1.807, 2.05) is 17.5 Å². The van der Waals surface area contributed by atoms with Crippen molar-refractivity contribution in [2.45, 2.75) is 32.9 Å². The Bertz CT molecular complexity index is 691. The molecule has 0 bridgehead atoms. The van der Waals surface area contributed by atoms with Crippen molar-refractivity contribution in [1.29, 1.82) is 0 Å². The van der Waals surface area contributed by atoms with Crippen LogP contribution in [0.2, 0.25) is 0 Å². The van der Waals surface area contributed by atoms with Crippen LogP contribution in [0.3, 0.4) is 0 Å². The number of rotatable bonds is 4. The standard InChI is InChI=1S/C17H25N5OS/c1-13-9-14(2)22(19-13)15-3-4-20(11-15)12-16-10-18-17(24-16)21-5-7-23-8-6-21/h9-10,15H,3-8,11-12H2,1-2H3/t15-/m0/s1. The van der Waals surface area contributed by atoms with Crippen molar-refractivity contribution in [1.82, 2.24) is 19.7 Å². The number of aryl methyl sites for hydroxylation is 2. The molecular formula is C17H25N5OS. The molecular weight excluding hydrogens is 322 g/mol. The van der Waals surface area contributed by atoms with Gasteiger partial charge in [-0.25, -0.2) is 4.98 Å². The Morgan fingerprint density at radius 3 is 2.83 bits per heavy atom. The summed E-state index contributed by atoms with van der Waals surface area (Å²) < 4.78 is 7.63. The molecule has 7 heteroatoms. The summed E-state index contributed by atoms with van der Waals surface area (Å²) in [6.07, 6.45) is 3.23. The molecule has 0 aliphatic carbocycles. The van der Waals surface area contributed by atoms with E-state index in [0.717, 1.165) is 56.8 Å². The van der Waals surface area contributed by atoms with E-state index in [-0.39, 0.29) is 0 Å². The molecule has 130 valence electrons. The first kappa shape index (κ1) is 16.1. The summed E-state index contributed by atoms with van der Waals surface area (Å²) in [7, 11) is 0. The predicted molar refractivity (Wildman–Crippen MR) is 95.8 cm³/mol. The van der Waals surface area contributed by atoms with Gasteiger partial charge in [-0.05, 0) is 26.3 Å². The molecule has 0 radical (unpaired) electrons. The average Bonchev–Trinajstić information content (AvgIpc) is 3.29. The first-order valence-corrected chi connectivity index (χ1v) is 9.53. The minimum Gasteiger partial charge on any atom is -0.378 e. The topological polar surface area (TPSA) is 46.4 Å². The van der Waals surface area contributed by atoms with E-state index in [2.05, 4.69) is 44.5 Å². The van der Waals surface area contributed by atoms with Crippen LogP contribution in [0.15, 0.2) is 12.3 Å². The van der Waals surface area contributed by atoms with Gasteiger partial charge in [-0.15, -0.1) is 11.3 Å². The minimum absolute atomic E-state index is 0.505. The molecule has 2 aromatic heterocycles. The molecule has 6 nitrogen and oxygen atoms in total. The Balaban J connectivity index is 1.36. The Morgan fingerprint density at radius 2 is 2.08 bits per heavy atom. The predicted octanol–water partition coefficient (Wildman–Crippen LogP) is 2.24. The van der Waals surface area contributed by atoms with E-state index in [1.165, 1.54) is 17.0 Å². The second kappa shape index (κ2) is 6.82. The fourth-order valence-corrected chi connectivity index (χ4v) is 4.67. The van der Waals surface area contributed by atoms with Gasteiger partial charge in [0.1, 0.15) is 0 Å². The van der Waals surface area contributed by atoms with Crippen molar-refractivity contribution in [2.24, 2.45) is 0 Å². The first-order valence-electron chi connectivity index (χ1n) is 8.71. The monoisotopic (exact) mass is 347 g/mol. The number of morpholine rings is 1. The number of anilines is 1. The quantitative estimate of drug-likeness (QED) is 0.849. The summed E-state index contributed by atoms with van der Waals surface area (Å²) >= 11 is 1.83. The maximum absolute atomic E-state index is 5.42. The van der Waals surface area contributed by atoms with Crippen molar-refractivity contribution in [2.75, 3.05) is 44.3 Å². The van der Waals surface area contributed by atoms with Crippen molar-refractivity contribution in [3.63, 3.8) is 0 Å². The van der Waals surface area contributed by atoms with Crippen LogP contribution in [-0.2, 0) is 11.3 Å². The summed E-state index contributed by atoms with van der Waals surface area (Å²) in [5.74, 6) is 0. The zero-order valence-corrected chi connectivity index (χ0v) is 15.3. The largest absolute Gasteiger partial charge is 0.378 e. The van der Waals surface area contributed by atoms with Crippen LogP contribution in [0.1, 0.15) is 28.7 Å². The Kier molecular flexibility index (Phi) is 4.56. The first-order chi connectivity index (χ1) is 11.7. The van der Waals surface area contributed by atoms with Crippen LogP contribution in [0.5, 0.6) is 0 Å². The SMILES string of the molecule is Cc1cc(C)n([C@H]2CCN(Cc3cnc(N4CCOCC4)s3)C2)n1. The molecule has 2 aliphatic heterocycles. The molecule has 2 aliphatic rings. The van der Waals surface area contributed by atoms with Crippen LogP contribution in [0.4, 0.5) is 5.13 Å². The van der Waals surface area contributed by atoms with E-state index < -0.39 is 0 Å². The normalized spacial score (nSPS) is 22.4. The molecule has 0 aromatic carbocycles. The molecule has 0 amide bonds. The van der Waals surface area contributed by atoms with Gasteiger partial charge in [-0.2, -0.15) is 5.10 Å². The van der Waals surface area contributed by atoms with Crippen molar-refractivity contribution < 1.29 is 4.74 Å². The fourth-order valence-electron chi connectivity index (χ4n) is 3.66. The number of ether oxygens (including phenoxy) is 1. The van der Waals surface area contributed by atoms with E-state index >= 15 is 0 Å². The van der Waals surface area contributed by atoms with E-state index in [1.54, 1.807) is 0 Å². The number of aromatic nitrogens is 3. The Hall–Kier alpha value is -1.44. The van der Waals surface area contributed by atoms with Crippen LogP contribution >= 0.6 is 11.3 Å². The van der Waals surface area contributed by atoms with Gasteiger partial charge in [-0.1, -0.05) is 0 Å². The number of likely N-dealkylation sites (tertiary alicyclic amines) is 1. The molecule has 0 spiro atoms. The lowest BCUT2D eigenvalue weighted by Gasteiger charge is -2.26. The van der Waals surface area contributed by atoms with Crippen LogP contribution < -0.4 is 4.90 Å². The van der Waals surface area contributed by atoms with Gasteiger partial charge in [0, 0.05) is 49.5 Å². The molecule has 2 fully saturated rings. The fraction of sp³-hybridized carbons (Fsp3) is 0.647. The zero-order valence-electron chi connectivity index (χ0n) is 14.4. The summed E-state index contributed by atoms with van der Waals surface area (Å²) in [5, 5.41) is 5.80. The van der Waals surface area contributed by atoms with E-state index in [4.69, 9.17) is 4.74 Å². The van der Waals surface area contributed by atoms with E-state index in [0.29, 0.717) is 6.04 Å². The third-order valence-electron chi connectivity index (χ3n) is 4.84. The lowest BCUT2D eigenvalue weighted by Crippen LogP contribution is -2.36. The Labute approximate surface area is 147 Å². The number of nitrogens with zero attached hydrogens (tertiary/aromatic N) is 5. The van der Waals surface area contributed by atoms with Gasteiger partial charge in [0.2, 0.25) is 0 Å². The zero-order chi connectivity index (χ0) is 16.5. The average molecular weight is 347 g/mol. The maximum atomic E-state index is 5.42. The molecule has 0 saturated carbocycles. The molecule has 24 heavy (non-hydrogen) atoms. The van der Waals surface area contributed by atoms with Gasteiger partial charge in [-0.3, -0.25) is 9.58 Å². The van der Waals surface area contributed by atoms with Crippen LogP contribution in [-0.4, -0.2) is 59.1 Å². The maximum Gasteiger partial charge on any atom is 0.185 e. The molecule has 4 rings (SSSR count). The highest BCUT2D eigenvalue weighted by Gasteiger charge is 2.26. The smallest absolute Gasteiger partial charge is 0.185 e. The van der Waals surface area contributed by atoms with Crippen LogP contribution in [0, 0.1) is 13.8 Å². The van der Waals surface area contributed by atoms with Gasteiger partial charge in [0.25, 0.3) is 0 Å². The summed E-state index contributed by atoms with van der Waals surface area (Å²) in [6, 6.07) is 2.67. The molecule has 0 unspecified atom stereocenters. The van der Waals surface area contributed by atoms with Crippen molar-refractivity contribution in [3.05, 3.63) is 28.5 Å². The molecule has 2 saturated heterocycles. The molecule has 1 atom stereocenters. The third-order valence-corrected chi connectivity index (χ3v) is 5.88. The lowest BCUT2D eigenvalue weighted by molar-refractivity contribution is 0.122. The van der Waals surface area contributed by atoms with Gasteiger partial charge < -0.3 is 9.64 Å². The van der Waals surface area contributed by atoms with Gasteiger partial charge in [0.15, 0.2) is 5.13 Å². The van der Waals surface area contributed by atoms with Crippen LogP contribution in [0.25, 0.3) is 0 Å². The van der Waals surface area contributed by atoms with Gasteiger partial charge >= 0.3 is 0 Å². The lowest BCUT2D eigenvalue weighted by atomic mass is 10.2. The van der Waals surface area contributed by atoms with E-state index in [9.17, 15) is 0 Å². The molecule has 4 heterocycles. The highest BCUT2D eigenvalue weighted by molar-refractivity contribution is 7.15. The Morgan fingerprint density at radius 1 is 1.25 bits per heavy atom. The summed E-state index contributed by atoms with van der Waals surface area (Å²) in [6.45, 7) is 11.0. The molecule has 0 N–H and O–H groups in total. The van der Waals surface area contributed by atoms with Crippen molar-refractivity contribution in [3.8, 4) is 0 Å². The molecule has 2 aromatic rings. The summed E-state index contributed by atoms with van der Waals surface area (Å²) in [4.78, 5) is 10.8.